The van der Waals surface area contributed by atoms with Crippen molar-refractivity contribution in [3.05, 3.63) is 30.0 Å². The quantitative estimate of drug-likeness (QED) is 0.581. The van der Waals surface area contributed by atoms with E-state index in [0.717, 1.165) is 12.8 Å². The minimum Gasteiger partial charge on any atom is -0.460 e. The lowest BCUT2D eigenvalue weighted by Gasteiger charge is -2.34. The number of furan rings is 1. The second kappa shape index (κ2) is 10.3. The van der Waals surface area contributed by atoms with Crippen molar-refractivity contribution in [3.8, 4) is 0 Å². The Morgan fingerprint density at radius 3 is 2.50 bits per heavy atom. The number of hydrogen-bond donors (Lipinski definition) is 1. The number of amides is 2. The van der Waals surface area contributed by atoms with Crippen molar-refractivity contribution in [1.29, 1.82) is 0 Å². The highest BCUT2D eigenvalue weighted by atomic mass is 16.6. The molecule has 2 aliphatic rings. The molecule has 1 saturated heterocycles. The highest BCUT2D eigenvalue weighted by Gasteiger charge is 2.47. The molecule has 194 valence electrons. The van der Waals surface area contributed by atoms with Crippen LogP contribution in [0, 0.1) is 11.8 Å². The third-order valence-corrected chi connectivity index (χ3v) is 6.80. The summed E-state index contributed by atoms with van der Waals surface area (Å²) in [5, 5.41) is 3.60. The van der Waals surface area contributed by atoms with Gasteiger partial charge in [0.15, 0.2) is 0 Å². The molecule has 0 radical (unpaired) electrons. The molecule has 9 heteroatoms. The zero-order chi connectivity index (χ0) is 26.0. The van der Waals surface area contributed by atoms with Crippen LogP contribution in [0.4, 0.5) is 10.5 Å². The van der Waals surface area contributed by atoms with Crippen LogP contribution in [0.3, 0.4) is 0 Å². The number of ketones is 1. The summed E-state index contributed by atoms with van der Waals surface area (Å²) in [4.78, 5) is 52.0. The molecular formula is C27H34N2O7. The van der Waals surface area contributed by atoms with Crippen LogP contribution in [-0.2, 0) is 19.1 Å². The smallest absolute Gasteiger partial charge is 0.410 e. The molecule has 2 amide bonds. The Bertz CT molecular complexity index is 1150. The van der Waals surface area contributed by atoms with Gasteiger partial charge in [0, 0.05) is 30.5 Å². The van der Waals surface area contributed by atoms with E-state index in [0.29, 0.717) is 42.5 Å². The number of benzene rings is 1. The number of carbonyl (C=O) groups excluding carboxylic acids is 4. The molecule has 0 unspecified atom stereocenters. The van der Waals surface area contributed by atoms with Crippen LogP contribution in [0.15, 0.2) is 28.7 Å². The van der Waals surface area contributed by atoms with Crippen LogP contribution in [-0.4, -0.2) is 53.4 Å². The van der Waals surface area contributed by atoms with E-state index in [4.69, 9.17) is 13.9 Å². The van der Waals surface area contributed by atoms with E-state index >= 15 is 0 Å². The molecule has 1 aromatic carbocycles. The van der Waals surface area contributed by atoms with Gasteiger partial charge in [0.1, 0.15) is 23.0 Å². The molecule has 1 aromatic heterocycles. The van der Waals surface area contributed by atoms with Crippen molar-refractivity contribution in [1.82, 2.24) is 4.90 Å². The number of nitrogens with zero attached hydrogens (tertiary/aromatic N) is 1. The van der Waals surface area contributed by atoms with E-state index in [1.165, 1.54) is 4.90 Å². The number of ether oxygens (including phenoxy) is 2. The molecule has 4 rings (SSSR count). The highest BCUT2D eigenvalue weighted by Crippen LogP contribution is 2.39. The topological polar surface area (TPSA) is 115 Å². The van der Waals surface area contributed by atoms with Crippen molar-refractivity contribution in [2.45, 2.75) is 71.4 Å². The molecule has 2 atom stereocenters. The Hall–Kier alpha value is -3.36. The van der Waals surface area contributed by atoms with E-state index < -0.39 is 23.7 Å². The highest BCUT2D eigenvalue weighted by molar-refractivity contribution is 5.99. The summed E-state index contributed by atoms with van der Waals surface area (Å²) < 4.78 is 16.2. The molecule has 36 heavy (non-hydrogen) atoms. The van der Waals surface area contributed by atoms with Gasteiger partial charge in [0.05, 0.1) is 6.61 Å². The number of Topliss-reactive ketones (excluding diaryl/α,β-unsaturated/α-hetero) is 1. The van der Waals surface area contributed by atoms with Crippen molar-refractivity contribution in [2.75, 3.05) is 18.5 Å². The van der Waals surface area contributed by atoms with Gasteiger partial charge in [0.25, 0.3) is 0 Å². The zero-order valence-electron chi connectivity index (χ0n) is 21.3. The SMILES string of the molecule is CCOC(=O)c1cc2cc(NC(=O)[C@H]3[C@@H](C4CCC(=O)CC4)CCN3C(=O)OC(C)(C)C)ccc2o1. The van der Waals surface area contributed by atoms with Crippen LogP contribution in [0.2, 0.25) is 0 Å². The fraction of sp³-hybridized carbons (Fsp3) is 0.556. The molecular weight excluding hydrogens is 464 g/mol. The van der Waals surface area contributed by atoms with Crippen LogP contribution in [0.1, 0.15) is 70.4 Å². The number of anilines is 1. The average Bonchev–Trinajstić information content (AvgIpc) is 3.43. The first kappa shape index (κ1) is 25.7. The lowest BCUT2D eigenvalue weighted by atomic mass is 9.76. The third kappa shape index (κ3) is 5.71. The first-order chi connectivity index (χ1) is 17.1. The van der Waals surface area contributed by atoms with Crippen molar-refractivity contribution in [3.63, 3.8) is 0 Å². The standard InChI is InChI=1S/C27H34N2O7/c1-5-34-25(32)22-15-17-14-18(8-11-21(17)35-22)28-24(31)23-20(16-6-9-19(30)10-7-16)12-13-29(23)26(33)36-27(2,3)4/h8,11,14-16,20,23H,5-7,9-10,12-13H2,1-4H3,(H,28,31)/t20-,23-/m1/s1. The molecule has 0 spiro atoms. The Morgan fingerprint density at radius 1 is 1.11 bits per heavy atom. The molecule has 2 heterocycles. The largest absolute Gasteiger partial charge is 0.460 e. The summed E-state index contributed by atoms with van der Waals surface area (Å²) in [5.74, 6) is -0.368. The fourth-order valence-corrected chi connectivity index (χ4v) is 5.20. The Labute approximate surface area is 210 Å². The first-order valence-corrected chi connectivity index (χ1v) is 12.6. The molecule has 0 bridgehead atoms. The van der Waals surface area contributed by atoms with Crippen LogP contribution < -0.4 is 5.32 Å². The summed E-state index contributed by atoms with van der Waals surface area (Å²) in [6.45, 7) is 7.77. The first-order valence-electron chi connectivity index (χ1n) is 12.6. The maximum atomic E-state index is 13.6. The second-order valence-corrected chi connectivity index (χ2v) is 10.5. The molecule has 9 nitrogen and oxygen atoms in total. The number of likely N-dealkylation sites (tertiary alicyclic amines) is 1. The number of rotatable bonds is 5. The number of carbonyl (C=O) groups is 4. The third-order valence-electron chi connectivity index (χ3n) is 6.80. The van der Waals surface area contributed by atoms with Crippen LogP contribution in [0.25, 0.3) is 11.0 Å². The van der Waals surface area contributed by atoms with Gasteiger partial charge in [-0.2, -0.15) is 0 Å². The second-order valence-electron chi connectivity index (χ2n) is 10.5. The molecule has 1 aliphatic carbocycles. The molecule has 1 aliphatic heterocycles. The van der Waals surface area contributed by atoms with Gasteiger partial charge >= 0.3 is 12.1 Å². The van der Waals surface area contributed by atoms with Crippen LogP contribution in [0.5, 0.6) is 0 Å². The predicted molar refractivity (Wildman–Crippen MR) is 133 cm³/mol. The molecule has 2 fully saturated rings. The van der Waals surface area contributed by atoms with Crippen LogP contribution >= 0.6 is 0 Å². The molecule has 1 N–H and O–H groups in total. The van der Waals surface area contributed by atoms with Gasteiger partial charge in [-0.3, -0.25) is 14.5 Å². The van der Waals surface area contributed by atoms with Gasteiger partial charge in [-0.15, -0.1) is 0 Å². The average molecular weight is 499 g/mol. The minimum atomic E-state index is -0.701. The van der Waals surface area contributed by atoms with E-state index in [9.17, 15) is 19.2 Å². The van der Waals surface area contributed by atoms with Crippen molar-refractivity contribution >= 4 is 40.4 Å². The van der Waals surface area contributed by atoms with E-state index in [1.807, 2.05) is 0 Å². The predicted octanol–water partition coefficient (Wildman–Crippen LogP) is 4.93. The summed E-state index contributed by atoms with van der Waals surface area (Å²) in [6, 6.07) is 5.97. The zero-order valence-corrected chi connectivity index (χ0v) is 21.3. The summed E-state index contributed by atoms with van der Waals surface area (Å²) >= 11 is 0. The Balaban J connectivity index is 1.56. The molecule has 2 aromatic rings. The lowest BCUT2D eigenvalue weighted by Crippen LogP contribution is -2.49. The Morgan fingerprint density at radius 2 is 1.83 bits per heavy atom. The number of hydrogen-bond acceptors (Lipinski definition) is 7. The molecule has 1 saturated carbocycles. The van der Waals surface area contributed by atoms with E-state index in [-0.39, 0.29) is 35.9 Å². The van der Waals surface area contributed by atoms with Gasteiger partial charge in [0.2, 0.25) is 11.7 Å². The number of nitrogens with one attached hydrogen (secondary N) is 1. The summed E-state index contributed by atoms with van der Waals surface area (Å²) in [5.41, 5.74) is 0.338. The van der Waals surface area contributed by atoms with Gasteiger partial charge in [-0.1, -0.05) is 0 Å². The lowest BCUT2D eigenvalue weighted by molar-refractivity contribution is -0.123. The van der Waals surface area contributed by atoms with E-state index in [1.54, 1.807) is 52.0 Å². The Kier molecular flexibility index (Phi) is 7.38. The summed E-state index contributed by atoms with van der Waals surface area (Å²) in [7, 11) is 0. The minimum absolute atomic E-state index is 0.0568. The normalized spacial score (nSPS) is 21.0. The summed E-state index contributed by atoms with van der Waals surface area (Å²) in [6.07, 6.45) is 2.66. The monoisotopic (exact) mass is 498 g/mol. The van der Waals surface area contributed by atoms with Gasteiger partial charge < -0.3 is 19.2 Å². The van der Waals surface area contributed by atoms with E-state index in [2.05, 4.69) is 5.32 Å². The number of fused-ring (bicyclic) bond motifs is 1. The van der Waals surface area contributed by atoms with Gasteiger partial charge in [-0.25, -0.2) is 9.59 Å². The van der Waals surface area contributed by atoms with Gasteiger partial charge in [-0.05, 0) is 83.1 Å². The maximum Gasteiger partial charge on any atom is 0.410 e. The van der Waals surface area contributed by atoms with Crippen molar-refractivity contribution < 1.29 is 33.1 Å². The van der Waals surface area contributed by atoms with Crippen molar-refractivity contribution in [2.24, 2.45) is 11.8 Å². The fourth-order valence-electron chi connectivity index (χ4n) is 5.20. The number of esters is 1. The maximum absolute atomic E-state index is 13.6.